The Bertz CT molecular complexity index is 352. The van der Waals surface area contributed by atoms with Crippen molar-refractivity contribution in [1.82, 2.24) is 5.32 Å². The number of amides is 1. The van der Waals surface area contributed by atoms with Crippen molar-refractivity contribution in [3.63, 3.8) is 0 Å². The summed E-state index contributed by atoms with van der Waals surface area (Å²) in [5.41, 5.74) is 1.05. The van der Waals surface area contributed by atoms with Crippen LogP contribution in [0.5, 0.6) is 0 Å². The molecule has 15 heavy (non-hydrogen) atoms. The SMILES string of the molecule is CSC(=NCc1ccccc1)NC(=O)O. The summed E-state index contributed by atoms with van der Waals surface area (Å²) in [7, 11) is 0. The monoisotopic (exact) mass is 224 g/mol. The average molecular weight is 224 g/mol. The van der Waals surface area contributed by atoms with Crippen molar-refractivity contribution in [2.45, 2.75) is 6.54 Å². The molecule has 1 rings (SSSR count). The summed E-state index contributed by atoms with van der Waals surface area (Å²) >= 11 is 1.28. The van der Waals surface area contributed by atoms with Gasteiger partial charge in [0.25, 0.3) is 0 Å². The lowest BCUT2D eigenvalue weighted by molar-refractivity contribution is 0.200. The second-order valence-corrected chi connectivity index (χ2v) is 3.54. The van der Waals surface area contributed by atoms with E-state index < -0.39 is 6.09 Å². The maximum atomic E-state index is 10.4. The van der Waals surface area contributed by atoms with Gasteiger partial charge in [0.1, 0.15) is 0 Å². The van der Waals surface area contributed by atoms with E-state index in [4.69, 9.17) is 5.11 Å². The van der Waals surface area contributed by atoms with Gasteiger partial charge in [0.05, 0.1) is 6.54 Å². The molecule has 0 aliphatic rings. The molecule has 0 bridgehead atoms. The minimum Gasteiger partial charge on any atom is -0.465 e. The van der Waals surface area contributed by atoms with Crippen molar-refractivity contribution >= 4 is 23.0 Å². The largest absolute Gasteiger partial charge is 0.465 e. The van der Waals surface area contributed by atoms with Crippen molar-refractivity contribution in [1.29, 1.82) is 0 Å². The van der Waals surface area contributed by atoms with Crippen LogP contribution in [-0.4, -0.2) is 22.6 Å². The van der Waals surface area contributed by atoms with Gasteiger partial charge >= 0.3 is 6.09 Å². The molecule has 0 radical (unpaired) electrons. The van der Waals surface area contributed by atoms with Gasteiger partial charge in [-0.25, -0.2) is 4.79 Å². The number of hydrogen-bond acceptors (Lipinski definition) is 3. The van der Waals surface area contributed by atoms with E-state index in [1.54, 1.807) is 6.26 Å². The summed E-state index contributed by atoms with van der Waals surface area (Å²) in [6.07, 6.45) is 0.691. The summed E-state index contributed by atoms with van der Waals surface area (Å²) in [5, 5.41) is 11.1. The Labute approximate surface area is 92.4 Å². The number of thioether (sulfide) groups is 1. The minimum atomic E-state index is -1.09. The first kappa shape index (κ1) is 11.6. The van der Waals surface area contributed by atoms with Crippen molar-refractivity contribution < 1.29 is 9.90 Å². The van der Waals surface area contributed by atoms with Crippen molar-refractivity contribution in [2.24, 2.45) is 4.99 Å². The molecule has 80 valence electrons. The third-order valence-corrected chi connectivity index (χ3v) is 2.27. The van der Waals surface area contributed by atoms with Crippen LogP contribution >= 0.6 is 11.8 Å². The maximum absolute atomic E-state index is 10.4. The zero-order valence-corrected chi connectivity index (χ0v) is 9.12. The average Bonchev–Trinajstić information content (AvgIpc) is 2.25. The van der Waals surface area contributed by atoms with Crippen LogP contribution in [-0.2, 0) is 6.54 Å². The van der Waals surface area contributed by atoms with Crippen LogP contribution in [0.25, 0.3) is 0 Å². The second-order valence-electron chi connectivity index (χ2n) is 2.74. The molecule has 0 unspecified atom stereocenters. The standard InChI is InChI=1S/C10H12N2O2S/c1-15-9(12-10(13)14)11-7-8-5-3-2-4-6-8/h2-6H,7H2,1H3,(H,11,12)(H,13,14). The Kier molecular flexibility index (Phi) is 4.70. The molecule has 0 atom stereocenters. The van der Waals surface area contributed by atoms with Gasteiger partial charge < -0.3 is 5.11 Å². The molecule has 0 aliphatic heterocycles. The lowest BCUT2D eigenvalue weighted by Gasteiger charge is -2.02. The van der Waals surface area contributed by atoms with E-state index in [-0.39, 0.29) is 0 Å². The highest BCUT2D eigenvalue weighted by atomic mass is 32.2. The van der Waals surface area contributed by atoms with Gasteiger partial charge in [0.2, 0.25) is 0 Å². The predicted molar refractivity (Wildman–Crippen MR) is 62.3 cm³/mol. The Morgan fingerprint density at radius 2 is 2.13 bits per heavy atom. The summed E-state index contributed by atoms with van der Waals surface area (Å²) in [5.74, 6) is 0. The molecular formula is C10H12N2O2S. The molecular weight excluding hydrogens is 212 g/mol. The van der Waals surface area contributed by atoms with Crippen LogP contribution in [0.2, 0.25) is 0 Å². The van der Waals surface area contributed by atoms with Crippen LogP contribution in [0.4, 0.5) is 4.79 Å². The Hall–Kier alpha value is -1.49. The molecule has 0 spiro atoms. The van der Waals surface area contributed by atoms with Gasteiger partial charge in [-0.1, -0.05) is 42.1 Å². The number of rotatable bonds is 2. The van der Waals surface area contributed by atoms with Gasteiger partial charge in [-0.3, -0.25) is 10.3 Å². The topological polar surface area (TPSA) is 61.7 Å². The molecule has 0 heterocycles. The molecule has 0 aromatic heterocycles. The number of nitrogens with one attached hydrogen (secondary N) is 1. The molecule has 1 aromatic rings. The van der Waals surface area contributed by atoms with Crippen LogP contribution in [0.3, 0.4) is 0 Å². The van der Waals surface area contributed by atoms with Gasteiger partial charge in [0.15, 0.2) is 5.17 Å². The number of aliphatic imine (C=N–C) groups is 1. The summed E-state index contributed by atoms with van der Waals surface area (Å²) in [6, 6.07) is 9.67. The molecule has 0 saturated heterocycles. The van der Waals surface area contributed by atoms with E-state index in [2.05, 4.69) is 10.3 Å². The first-order chi connectivity index (χ1) is 7.22. The van der Waals surface area contributed by atoms with E-state index in [1.807, 2.05) is 30.3 Å². The fraction of sp³-hybridized carbons (Fsp3) is 0.200. The number of hydrogen-bond donors (Lipinski definition) is 2. The first-order valence-corrected chi connectivity index (χ1v) is 5.57. The molecule has 0 aliphatic carbocycles. The Morgan fingerprint density at radius 1 is 1.47 bits per heavy atom. The second kappa shape index (κ2) is 6.08. The van der Waals surface area contributed by atoms with Crippen LogP contribution < -0.4 is 5.32 Å². The van der Waals surface area contributed by atoms with E-state index in [0.29, 0.717) is 11.7 Å². The molecule has 0 saturated carbocycles. The summed E-state index contributed by atoms with van der Waals surface area (Å²) < 4.78 is 0. The maximum Gasteiger partial charge on any atom is 0.410 e. The number of amidine groups is 1. The van der Waals surface area contributed by atoms with Crippen LogP contribution in [0, 0.1) is 0 Å². The number of nitrogens with zero attached hydrogens (tertiary/aromatic N) is 1. The number of carbonyl (C=O) groups is 1. The summed E-state index contributed by atoms with van der Waals surface area (Å²) in [4.78, 5) is 14.5. The third kappa shape index (κ3) is 4.51. The highest BCUT2D eigenvalue weighted by molar-refractivity contribution is 8.13. The van der Waals surface area contributed by atoms with Gasteiger partial charge in [-0.15, -0.1) is 0 Å². The highest BCUT2D eigenvalue weighted by Crippen LogP contribution is 2.03. The van der Waals surface area contributed by atoms with Crippen molar-refractivity contribution in [3.8, 4) is 0 Å². The Balaban J connectivity index is 2.58. The first-order valence-electron chi connectivity index (χ1n) is 4.34. The third-order valence-electron chi connectivity index (χ3n) is 1.66. The normalized spacial score (nSPS) is 11.1. The molecule has 5 heteroatoms. The molecule has 4 nitrogen and oxygen atoms in total. The van der Waals surface area contributed by atoms with E-state index in [1.165, 1.54) is 11.8 Å². The molecule has 0 fully saturated rings. The lowest BCUT2D eigenvalue weighted by Crippen LogP contribution is -2.26. The zero-order chi connectivity index (χ0) is 11.1. The number of carboxylic acid groups (broad SMARTS) is 1. The quantitative estimate of drug-likeness (QED) is 0.598. The van der Waals surface area contributed by atoms with Crippen LogP contribution in [0.15, 0.2) is 35.3 Å². The molecule has 1 aromatic carbocycles. The van der Waals surface area contributed by atoms with Crippen LogP contribution in [0.1, 0.15) is 5.56 Å². The van der Waals surface area contributed by atoms with E-state index in [0.717, 1.165) is 5.56 Å². The van der Waals surface area contributed by atoms with E-state index >= 15 is 0 Å². The predicted octanol–water partition coefficient (Wildman–Crippen LogP) is 2.17. The Morgan fingerprint density at radius 3 is 2.67 bits per heavy atom. The van der Waals surface area contributed by atoms with Gasteiger partial charge in [-0.05, 0) is 11.8 Å². The van der Waals surface area contributed by atoms with Gasteiger partial charge in [-0.2, -0.15) is 0 Å². The molecule has 1 amide bonds. The lowest BCUT2D eigenvalue weighted by atomic mass is 10.2. The van der Waals surface area contributed by atoms with E-state index in [9.17, 15) is 4.79 Å². The fourth-order valence-corrected chi connectivity index (χ4v) is 1.38. The van der Waals surface area contributed by atoms with Crippen molar-refractivity contribution in [3.05, 3.63) is 35.9 Å². The highest BCUT2D eigenvalue weighted by Gasteiger charge is 2.00. The van der Waals surface area contributed by atoms with Gasteiger partial charge in [0, 0.05) is 0 Å². The summed E-state index contributed by atoms with van der Waals surface area (Å²) in [6.45, 7) is 0.483. The smallest absolute Gasteiger partial charge is 0.410 e. The zero-order valence-electron chi connectivity index (χ0n) is 8.30. The molecule has 2 N–H and O–H groups in total. The minimum absolute atomic E-state index is 0.409. The van der Waals surface area contributed by atoms with Crippen molar-refractivity contribution in [2.75, 3.05) is 6.26 Å². The fourth-order valence-electron chi connectivity index (χ4n) is 0.993. The number of benzene rings is 1.